The number of carboxylic acid groups (broad SMARTS) is 1. The van der Waals surface area contributed by atoms with Gasteiger partial charge in [0.1, 0.15) is 11.3 Å². The van der Waals surface area contributed by atoms with Crippen molar-refractivity contribution in [3.05, 3.63) is 64.7 Å². The van der Waals surface area contributed by atoms with Crippen LogP contribution in [0.3, 0.4) is 0 Å². The average Bonchev–Trinajstić information content (AvgIpc) is 2.66. The lowest BCUT2D eigenvalue weighted by atomic mass is 9.69. The summed E-state index contributed by atoms with van der Waals surface area (Å²) in [7, 11) is -1.75. The van der Waals surface area contributed by atoms with Crippen molar-refractivity contribution < 1.29 is 29.9 Å². The maximum Gasteiger partial charge on any atom is 0.456 e. The molecule has 0 spiro atoms. The van der Waals surface area contributed by atoms with Crippen molar-refractivity contribution in [2.24, 2.45) is 5.73 Å². The number of hydrogen-bond acceptors (Lipinski definition) is 6. The number of amides is 1. The van der Waals surface area contributed by atoms with Crippen molar-refractivity contribution in [2.45, 2.75) is 25.2 Å². The summed E-state index contributed by atoms with van der Waals surface area (Å²) in [5, 5.41) is 41.0. The number of para-hydroxylation sites is 1. The molecule has 7 N–H and O–H groups in total. The molecule has 0 aromatic heterocycles. The van der Waals surface area contributed by atoms with Gasteiger partial charge in [0, 0.05) is 18.9 Å². The van der Waals surface area contributed by atoms with Gasteiger partial charge in [0.2, 0.25) is 5.91 Å². The Kier molecular flexibility index (Phi) is 7.56. The van der Waals surface area contributed by atoms with E-state index in [9.17, 15) is 24.7 Å². The highest BCUT2D eigenvalue weighted by molar-refractivity contribution is 6.43. The van der Waals surface area contributed by atoms with Crippen LogP contribution < -0.4 is 11.1 Å². The molecule has 2 rings (SSSR count). The van der Waals surface area contributed by atoms with Gasteiger partial charge < -0.3 is 31.3 Å². The average molecular weight is 386 g/mol. The molecule has 0 fully saturated rings. The molecule has 0 radical (unpaired) electrons. The highest BCUT2D eigenvalue weighted by Crippen LogP contribution is 2.27. The monoisotopic (exact) mass is 386 g/mol. The van der Waals surface area contributed by atoms with Crippen molar-refractivity contribution in [1.82, 2.24) is 5.32 Å². The van der Waals surface area contributed by atoms with Crippen molar-refractivity contribution >= 4 is 19.0 Å². The van der Waals surface area contributed by atoms with Gasteiger partial charge in [-0.25, -0.2) is 4.79 Å². The number of hydrogen-bond donors (Lipinski definition) is 6. The summed E-state index contributed by atoms with van der Waals surface area (Å²) in [4.78, 5) is 23.2. The van der Waals surface area contributed by atoms with Gasteiger partial charge in [-0.15, -0.1) is 0 Å². The molecule has 0 aliphatic carbocycles. The molecule has 1 amide bonds. The summed E-state index contributed by atoms with van der Waals surface area (Å²) in [5.74, 6) is -2.82. The molecule has 0 saturated carbocycles. The molecule has 1 atom stereocenters. The van der Waals surface area contributed by atoms with Gasteiger partial charge in [-0.3, -0.25) is 4.79 Å². The summed E-state index contributed by atoms with van der Waals surface area (Å²) < 4.78 is 0. The van der Waals surface area contributed by atoms with Gasteiger partial charge in [-0.2, -0.15) is 0 Å². The Morgan fingerprint density at radius 3 is 2.29 bits per heavy atom. The van der Waals surface area contributed by atoms with E-state index < -0.39 is 24.7 Å². The fourth-order valence-electron chi connectivity index (χ4n) is 2.78. The van der Waals surface area contributed by atoms with Crippen molar-refractivity contribution in [1.29, 1.82) is 0 Å². The molecule has 0 bridgehead atoms. The van der Waals surface area contributed by atoms with E-state index in [-0.39, 0.29) is 36.4 Å². The smallest absolute Gasteiger partial charge is 0.456 e. The fourth-order valence-corrected chi connectivity index (χ4v) is 2.78. The second-order valence-corrected chi connectivity index (χ2v) is 6.50. The number of aromatic hydroxyl groups is 1. The Balaban J connectivity index is 1.98. The Bertz CT molecular complexity index is 826. The lowest BCUT2D eigenvalue weighted by molar-refractivity contribution is -0.120. The molecule has 2 aromatic rings. The molecule has 2 aromatic carbocycles. The van der Waals surface area contributed by atoms with Gasteiger partial charge in [0.15, 0.2) is 0 Å². The Labute approximate surface area is 162 Å². The summed E-state index contributed by atoms with van der Waals surface area (Å²) in [6.07, 6.45) is 0.106. The maximum atomic E-state index is 12.1. The summed E-state index contributed by atoms with van der Waals surface area (Å²) in [6, 6.07) is 11.5. The van der Waals surface area contributed by atoms with E-state index in [4.69, 9.17) is 10.8 Å². The molecule has 0 aliphatic rings. The van der Waals surface area contributed by atoms with E-state index in [1.807, 2.05) is 12.1 Å². The SMILES string of the molecule is NCc1ccc(CC(=O)NC[C@@H](Cc2cccc(C(=O)O)c2O)B(O)O)cc1. The largest absolute Gasteiger partial charge is 0.507 e. The minimum atomic E-state index is -1.75. The molecular formula is C19H23BN2O6. The first kappa shape index (κ1) is 21.4. The normalized spacial score (nSPS) is 11.7. The lowest BCUT2D eigenvalue weighted by Crippen LogP contribution is -2.35. The number of carboxylic acids is 1. The number of nitrogens with one attached hydrogen (secondary N) is 1. The number of rotatable bonds is 9. The quantitative estimate of drug-likeness (QED) is 0.339. The fraction of sp³-hybridized carbons (Fsp3) is 0.263. The summed E-state index contributed by atoms with van der Waals surface area (Å²) in [5.41, 5.74) is 7.27. The standard InChI is InChI=1S/C19H23BN2O6/c21-10-13-6-4-12(5-7-13)8-17(23)22-11-15(20(27)28)9-14-2-1-3-16(18(14)24)19(25)26/h1-7,15,24,27-28H,8-11,21H2,(H,22,23)(H,25,26)/t15-/m1/s1. The third-order valence-electron chi connectivity index (χ3n) is 4.44. The van der Waals surface area contributed by atoms with Gasteiger partial charge in [0.05, 0.1) is 6.42 Å². The van der Waals surface area contributed by atoms with Gasteiger partial charge in [-0.05, 0) is 29.2 Å². The molecule has 28 heavy (non-hydrogen) atoms. The maximum absolute atomic E-state index is 12.1. The van der Waals surface area contributed by atoms with Crippen LogP contribution in [-0.4, -0.2) is 45.8 Å². The van der Waals surface area contributed by atoms with E-state index in [0.29, 0.717) is 6.54 Å². The van der Waals surface area contributed by atoms with Crippen LogP contribution in [0.2, 0.25) is 5.82 Å². The molecule has 0 saturated heterocycles. The van der Waals surface area contributed by atoms with E-state index in [1.54, 1.807) is 12.1 Å². The number of aromatic carboxylic acids is 1. The van der Waals surface area contributed by atoms with E-state index >= 15 is 0 Å². The third-order valence-corrected chi connectivity index (χ3v) is 4.44. The van der Waals surface area contributed by atoms with E-state index in [1.165, 1.54) is 18.2 Å². The van der Waals surface area contributed by atoms with Gasteiger partial charge in [0.25, 0.3) is 0 Å². The van der Waals surface area contributed by atoms with E-state index in [2.05, 4.69) is 5.32 Å². The number of benzene rings is 2. The topological polar surface area (TPSA) is 153 Å². The zero-order valence-corrected chi connectivity index (χ0v) is 15.2. The summed E-state index contributed by atoms with van der Waals surface area (Å²) >= 11 is 0. The van der Waals surface area contributed by atoms with Crippen molar-refractivity contribution in [3.63, 3.8) is 0 Å². The van der Waals surface area contributed by atoms with Crippen LogP contribution in [0.5, 0.6) is 5.75 Å². The van der Waals surface area contributed by atoms with Gasteiger partial charge in [-0.1, -0.05) is 36.4 Å². The minimum Gasteiger partial charge on any atom is -0.507 e. The Morgan fingerprint density at radius 2 is 1.71 bits per heavy atom. The number of phenols is 1. The van der Waals surface area contributed by atoms with Crippen LogP contribution in [0.15, 0.2) is 42.5 Å². The highest BCUT2D eigenvalue weighted by atomic mass is 16.4. The first-order chi connectivity index (χ1) is 13.3. The first-order valence-corrected chi connectivity index (χ1v) is 8.76. The number of nitrogens with two attached hydrogens (primary N) is 1. The molecular weight excluding hydrogens is 363 g/mol. The van der Waals surface area contributed by atoms with Crippen LogP contribution >= 0.6 is 0 Å². The lowest BCUT2D eigenvalue weighted by Gasteiger charge is -2.18. The van der Waals surface area contributed by atoms with Gasteiger partial charge >= 0.3 is 13.1 Å². The third kappa shape index (κ3) is 5.81. The second kappa shape index (κ2) is 9.89. The molecule has 9 heteroatoms. The van der Waals surface area contributed by atoms with Crippen LogP contribution in [0, 0.1) is 0 Å². The molecule has 0 unspecified atom stereocenters. The molecule has 0 heterocycles. The zero-order valence-electron chi connectivity index (χ0n) is 15.2. The first-order valence-electron chi connectivity index (χ1n) is 8.76. The second-order valence-electron chi connectivity index (χ2n) is 6.50. The van der Waals surface area contributed by atoms with Crippen LogP contribution in [0.25, 0.3) is 0 Å². The Hall–Kier alpha value is -2.88. The number of carbonyl (C=O) groups excluding carboxylic acids is 1. The predicted octanol–water partition coefficient (Wildman–Crippen LogP) is 0.293. The molecule has 0 aliphatic heterocycles. The van der Waals surface area contributed by atoms with E-state index in [0.717, 1.165) is 11.1 Å². The molecule has 148 valence electrons. The van der Waals surface area contributed by atoms with Crippen molar-refractivity contribution in [3.8, 4) is 5.75 Å². The Morgan fingerprint density at radius 1 is 1.07 bits per heavy atom. The predicted molar refractivity (Wildman–Crippen MR) is 104 cm³/mol. The summed E-state index contributed by atoms with van der Waals surface area (Å²) in [6.45, 7) is 0.368. The van der Waals surface area contributed by atoms with Crippen molar-refractivity contribution in [2.75, 3.05) is 6.54 Å². The zero-order chi connectivity index (χ0) is 20.7. The number of carbonyl (C=O) groups is 2. The van der Waals surface area contributed by atoms with Crippen LogP contribution in [0.4, 0.5) is 0 Å². The van der Waals surface area contributed by atoms with Crippen LogP contribution in [-0.2, 0) is 24.2 Å². The molecule has 8 nitrogen and oxygen atoms in total. The van der Waals surface area contributed by atoms with Crippen LogP contribution in [0.1, 0.15) is 27.0 Å². The minimum absolute atomic E-state index is 0.0178. The highest BCUT2D eigenvalue weighted by Gasteiger charge is 2.26.